The van der Waals surface area contributed by atoms with E-state index in [1.807, 2.05) is 66.4 Å². The number of rotatable bonds is 8. The third-order valence-corrected chi connectivity index (χ3v) is 6.68. The normalized spacial score (nSPS) is 15.2. The molecule has 32 heavy (non-hydrogen) atoms. The Morgan fingerprint density at radius 3 is 2.50 bits per heavy atom. The zero-order chi connectivity index (χ0) is 22.5. The van der Waals surface area contributed by atoms with Gasteiger partial charge in [-0.2, -0.15) is 0 Å². The van der Waals surface area contributed by atoms with Crippen molar-refractivity contribution in [3.63, 3.8) is 0 Å². The molecule has 1 aromatic heterocycles. The Hall–Kier alpha value is -2.95. The predicted molar refractivity (Wildman–Crippen MR) is 129 cm³/mol. The monoisotopic (exact) mass is 431 g/mol. The number of benzene rings is 2. The molecule has 5 nitrogen and oxygen atoms in total. The van der Waals surface area contributed by atoms with Gasteiger partial charge in [0, 0.05) is 13.0 Å². The minimum absolute atomic E-state index is 0.0986. The van der Waals surface area contributed by atoms with Gasteiger partial charge in [-0.1, -0.05) is 62.9 Å². The van der Waals surface area contributed by atoms with Gasteiger partial charge < -0.3 is 4.90 Å². The Bertz CT molecular complexity index is 1120. The van der Waals surface area contributed by atoms with E-state index in [9.17, 15) is 9.59 Å². The molecule has 1 unspecified atom stereocenters. The van der Waals surface area contributed by atoms with E-state index in [0.29, 0.717) is 35.6 Å². The quantitative estimate of drug-likeness (QED) is 0.463. The van der Waals surface area contributed by atoms with Gasteiger partial charge in [-0.05, 0) is 49.9 Å². The van der Waals surface area contributed by atoms with Crippen molar-refractivity contribution < 1.29 is 4.79 Å². The first-order chi connectivity index (χ1) is 15.6. The summed E-state index contributed by atoms with van der Waals surface area (Å²) in [5, 5.41) is 0.585. The van der Waals surface area contributed by atoms with Crippen LogP contribution in [0.3, 0.4) is 0 Å². The van der Waals surface area contributed by atoms with Crippen molar-refractivity contribution in [1.82, 2.24) is 14.5 Å². The Kier molecular flexibility index (Phi) is 7.03. The fourth-order valence-corrected chi connectivity index (χ4v) is 4.94. The highest BCUT2D eigenvalue weighted by Crippen LogP contribution is 2.30. The van der Waals surface area contributed by atoms with Crippen molar-refractivity contribution in [2.45, 2.75) is 64.8 Å². The molecule has 0 radical (unpaired) electrons. The number of para-hydroxylation sites is 2. The van der Waals surface area contributed by atoms with Gasteiger partial charge in [-0.15, -0.1) is 0 Å². The van der Waals surface area contributed by atoms with Gasteiger partial charge in [0.25, 0.3) is 5.56 Å². The first-order valence-electron chi connectivity index (χ1n) is 12.0. The molecule has 3 aromatic rings. The summed E-state index contributed by atoms with van der Waals surface area (Å²) in [6.07, 6.45) is 7.46. The van der Waals surface area contributed by atoms with Crippen LogP contribution in [0.5, 0.6) is 0 Å². The number of aromatic nitrogens is 2. The van der Waals surface area contributed by atoms with Crippen molar-refractivity contribution in [2.75, 3.05) is 6.54 Å². The van der Waals surface area contributed by atoms with Crippen LogP contribution in [0.4, 0.5) is 0 Å². The average Bonchev–Trinajstić information content (AvgIpc) is 3.35. The van der Waals surface area contributed by atoms with Crippen molar-refractivity contribution in [1.29, 1.82) is 0 Å². The Labute approximate surface area is 190 Å². The number of carbonyl (C=O) groups excluding carboxylic acids is 1. The molecule has 4 rings (SSSR count). The molecule has 0 spiro atoms. The zero-order valence-electron chi connectivity index (χ0n) is 19.2. The molecule has 0 aliphatic heterocycles. The van der Waals surface area contributed by atoms with E-state index >= 15 is 0 Å². The number of amides is 1. The third kappa shape index (κ3) is 4.62. The number of hydrogen-bond donors (Lipinski definition) is 0. The van der Waals surface area contributed by atoms with E-state index in [1.165, 1.54) is 25.7 Å². The highest BCUT2D eigenvalue weighted by atomic mass is 16.2. The SMILES string of the molecule is CCCN(C(=O)CCC1CCCC1)C(C)c1nc2ccccc2c(=O)n1-c1ccccc1. The first-order valence-corrected chi connectivity index (χ1v) is 12.0. The predicted octanol–water partition coefficient (Wildman–Crippen LogP) is 5.66. The number of carbonyl (C=O) groups is 1. The van der Waals surface area contributed by atoms with Crippen molar-refractivity contribution in [3.8, 4) is 5.69 Å². The molecular formula is C27H33N3O2. The highest BCUT2D eigenvalue weighted by Gasteiger charge is 2.27. The van der Waals surface area contributed by atoms with Crippen molar-refractivity contribution >= 4 is 16.8 Å². The van der Waals surface area contributed by atoms with E-state index in [4.69, 9.17) is 4.98 Å². The molecule has 1 fully saturated rings. The van der Waals surface area contributed by atoms with E-state index in [2.05, 4.69) is 6.92 Å². The topological polar surface area (TPSA) is 55.2 Å². The minimum Gasteiger partial charge on any atom is -0.333 e. The van der Waals surface area contributed by atoms with Gasteiger partial charge in [0.05, 0.1) is 22.6 Å². The van der Waals surface area contributed by atoms with E-state index < -0.39 is 0 Å². The van der Waals surface area contributed by atoms with Crippen LogP contribution in [0.1, 0.15) is 70.7 Å². The molecule has 2 aromatic carbocycles. The molecule has 5 heteroatoms. The summed E-state index contributed by atoms with van der Waals surface area (Å²) in [5.41, 5.74) is 1.34. The average molecular weight is 432 g/mol. The standard InChI is InChI=1S/C27H33N3O2/c1-3-19-29(25(31)18-17-21-11-7-8-12-21)20(2)26-28-24-16-10-9-15-23(24)27(32)30(26)22-13-5-4-6-14-22/h4-6,9-10,13-16,20-21H,3,7-8,11-12,17-19H2,1-2H3. The highest BCUT2D eigenvalue weighted by molar-refractivity contribution is 5.79. The lowest BCUT2D eigenvalue weighted by Crippen LogP contribution is -2.38. The second kappa shape index (κ2) is 10.1. The third-order valence-electron chi connectivity index (χ3n) is 6.68. The summed E-state index contributed by atoms with van der Waals surface area (Å²) in [6.45, 7) is 4.74. The van der Waals surface area contributed by atoms with Crippen molar-refractivity contribution in [2.24, 2.45) is 5.92 Å². The molecular weight excluding hydrogens is 398 g/mol. The van der Waals surface area contributed by atoms with Gasteiger partial charge >= 0.3 is 0 Å². The van der Waals surface area contributed by atoms with Crippen molar-refractivity contribution in [3.05, 3.63) is 70.8 Å². The van der Waals surface area contributed by atoms with Gasteiger partial charge in [0.2, 0.25) is 5.91 Å². The van der Waals surface area contributed by atoms with Crippen LogP contribution in [-0.4, -0.2) is 26.9 Å². The lowest BCUT2D eigenvalue weighted by Gasteiger charge is -2.30. The molecule has 0 bridgehead atoms. The Morgan fingerprint density at radius 2 is 1.78 bits per heavy atom. The van der Waals surface area contributed by atoms with E-state index in [-0.39, 0.29) is 17.5 Å². The molecule has 0 N–H and O–H groups in total. The smallest absolute Gasteiger partial charge is 0.266 e. The molecule has 1 aliphatic carbocycles. The molecule has 1 atom stereocenters. The summed E-state index contributed by atoms with van der Waals surface area (Å²) in [7, 11) is 0. The zero-order valence-corrected chi connectivity index (χ0v) is 19.2. The molecule has 1 heterocycles. The lowest BCUT2D eigenvalue weighted by atomic mass is 10.0. The van der Waals surface area contributed by atoms with Crippen LogP contribution in [0, 0.1) is 5.92 Å². The Balaban J connectivity index is 1.73. The van der Waals surface area contributed by atoms with Crippen LogP contribution in [0.15, 0.2) is 59.4 Å². The summed E-state index contributed by atoms with van der Waals surface area (Å²) in [4.78, 5) is 33.7. The van der Waals surface area contributed by atoms with Gasteiger partial charge in [0.1, 0.15) is 5.82 Å². The summed E-state index contributed by atoms with van der Waals surface area (Å²) in [6, 6.07) is 16.7. The van der Waals surface area contributed by atoms with Gasteiger partial charge in [-0.3, -0.25) is 14.2 Å². The van der Waals surface area contributed by atoms with Crippen LogP contribution in [0.2, 0.25) is 0 Å². The second-order valence-electron chi connectivity index (χ2n) is 8.92. The summed E-state index contributed by atoms with van der Waals surface area (Å²) >= 11 is 0. The molecule has 0 saturated heterocycles. The maximum atomic E-state index is 13.5. The maximum absolute atomic E-state index is 13.5. The van der Waals surface area contributed by atoms with Gasteiger partial charge in [0.15, 0.2) is 0 Å². The van der Waals surface area contributed by atoms with Crippen LogP contribution in [0.25, 0.3) is 16.6 Å². The fraction of sp³-hybridized carbons (Fsp3) is 0.444. The second-order valence-corrected chi connectivity index (χ2v) is 8.92. The van der Waals surface area contributed by atoms with Crippen LogP contribution in [-0.2, 0) is 4.79 Å². The first kappa shape index (κ1) is 22.3. The molecule has 1 saturated carbocycles. The maximum Gasteiger partial charge on any atom is 0.266 e. The number of fused-ring (bicyclic) bond motifs is 1. The van der Waals surface area contributed by atoms with Crippen LogP contribution < -0.4 is 5.56 Å². The summed E-state index contributed by atoms with van der Waals surface area (Å²) < 4.78 is 1.68. The fourth-order valence-electron chi connectivity index (χ4n) is 4.94. The molecule has 1 amide bonds. The largest absolute Gasteiger partial charge is 0.333 e. The molecule has 168 valence electrons. The summed E-state index contributed by atoms with van der Waals surface area (Å²) in [5.74, 6) is 1.45. The number of nitrogens with zero attached hydrogens (tertiary/aromatic N) is 3. The minimum atomic E-state index is -0.302. The number of hydrogen-bond acceptors (Lipinski definition) is 3. The lowest BCUT2D eigenvalue weighted by molar-refractivity contribution is -0.134. The van der Waals surface area contributed by atoms with E-state index in [1.54, 1.807) is 4.57 Å². The van der Waals surface area contributed by atoms with E-state index in [0.717, 1.165) is 18.5 Å². The molecule has 1 aliphatic rings. The Morgan fingerprint density at radius 1 is 1.09 bits per heavy atom. The van der Waals surface area contributed by atoms with Gasteiger partial charge in [-0.25, -0.2) is 4.98 Å². The van der Waals surface area contributed by atoms with Crippen LogP contribution >= 0.6 is 0 Å².